The fourth-order valence-electron chi connectivity index (χ4n) is 1.99. The fourth-order valence-corrected chi connectivity index (χ4v) is 1.99. The van der Waals surface area contributed by atoms with Crippen molar-refractivity contribution in [2.75, 3.05) is 0 Å². The second-order valence-electron chi connectivity index (χ2n) is 4.97. The molecule has 0 heterocycles. The molecule has 0 bridgehead atoms. The fraction of sp³-hybridized carbons (Fsp3) is 0.235. The standard InChI is InChI=1S/C17H16FNO/c1-11(2)20-17-9-13(5-6-14(17)10-19)15-8-12(3)4-7-16(15)18/h4-9,11H,1-3H3. The lowest BCUT2D eigenvalue weighted by atomic mass is 10.0. The molecule has 2 aromatic carbocycles. The Labute approximate surface area is 118 Å². The van der Waals surface area contributed by atoms with Gasteiger partial charge in [0.25, 0.3) is 0 Å². The van der Waals surface area contributed by atoms with Crippen LogP contribution in [0.25, 0.3) is 11.1 Å². The summed E-state index contributed by atoms with van der Waals surface area (Å²) in [5.41, 5.74) is 2.66. The van der Waals surface area contributed by atoms with Gasteiger partial charge in [0.05, 0.1) is 11.7 Å². The SMILES string of the molecule is Cc1ccc(F)c(-c2ccc(C#N)c(OC(C)C)c2)c1. The average molecular weight is 269 g/mol. The Balaban J connectivity index is 2.53. The van der Waals surface area contributed by atoms with Gasteiger partial charge in [-0.15, -0.1) is 0 Å². The van der Waals surface area contributed by atoms with Crippen LogP contribution in [0.5, 0.6) is 5.75 Å². The topological polar surface area (TPSA) is 33.0 Å². The molecular weight excluding hydrogens is 253 g/mol. The third-order valence-electron chi connectivity index (χ3n) is 2.90. The van der Waals surface area contributed by atoms with Crippen molar-refractivity contribution in [1.29, 1.82) is 5.26 Å². The summed E-state index contributed by atoms with van der Waals surface area (Å²) in [6.45, 7) is 5.69. The molecule has 2 aromatic rings. The number of hydrogen-bond acceptors (Lipinski definition) is 2. The van der Waals surface area contributed by atoms with Gasteiger partial charge in [0.15, 0.2) is 0 Å². The second-order valence-corrected chi connectivity index (χ2v) is 4.97. The lowest BCUT2D eigenvalue weighted by Crippen LogP contribution is -2.07. The Kier molecular flexibility index (Phi) is 4.05. The van der Waals surface area contributed by atoms with Gasteiger partial charge in [-0.25, -0.2) is 4.39 Å². The minimum atomic E-state index is -0.282. The van der Waals surface area contributed by atoms with Crippen LogP contribution >= 0.6 is 0 Å². The van der Waals surface area contributed by atoms with Crippen LogP contribution in [0.4, 0.5) is 4.39 Å². The lowest BCUT2D eigenvalue weighted by molar-refractivity contribution is 0.242. The summed E-state index contributed by atoms with van der Waals surface area (Å²) in [6, 6.07) is 12.2. The molecule has 2 nitrogen and oxygen atoms in total. The minimum Gasteiger partial charge on any atom is -0.490 e. The van der Waals surface area contributed by atoms with Crippen LogP contribution < -0.4 is 4.74 Å². The highest BCUT2D eigenvalue weighted by molar-refractivity contribution is 5.68. The van der Waals surface area contributed by atoms with Crippen molar-refractivity contribution < 1.29 is 9.13 Å². The van der Waals surface area contributed by atoms with Crippen LogP contribution in [-0.2, 0) is 0 Å². The average Bonchev–Trinajstić information content (AvgIpc) is 2.41. The highest BCUT2D eigenvalue weighted by Crippen LogP contribution is 2.30. The maximum Gasteiger partial charge on any atom is 0.138 e. The van der Waals surface area contributed by atoms with Crippen LogP contribution in [0.3, 0.4) is 0 Å². The van der Waals surface area contributed by atoms with Crippen molar-refractivity contribution >= 4 is 0 Å². The van der Waals surface area contributed by atoms with Crippen LogP contribution in [0, 0.1) is 24.1 Å². The number of ether oxygens (including phenoxy) is 1. The van der Waals surface area contributed by atoms with E-state index in [1.165, 1.54) is 6.07 Å². The Morgan fingerprint density at radius 3 is 2.55 bits per heavy atom. The van der Waals surface area contributed by atoms with E-state index < -0.39 is 0 Å². The number of rotatable bonds is 3. The van der Waals surface area contributed by atoms with E-state index in [-0.39, 0.29) is 11.9 Å². The van der Waals surface area contributed by atoms with E-state index in [9.17, 15) is 4.39 Å². The maximum atomic E-state index is 13.9. The van der Waals surface area contributed by atoms with E-state index in [0.717, 1.165) is 5.56 Å². The summed E-state index contributed by atoms with van der Waals surface area (Å²) >= 11 is 0. The number of nitrogens with zero attached hydrogens (tertiary/aromatic N) is 1. The Hall–Kier alpha value is -2.34. The molecule has 0 aliphatic rings. The van der Waals surface area contributed by atoms with Crippen molar-refractivity contribution in [3.05, 3.63) is 53.3 Å². The molecule has 20 heavy (non-hydrogen) atoms. The summed E-state index contributed by atoms with van der Waals surface area (Å²) < 4.78 is 19.5. The third kappa shape index (κ3) is 2.97. The smallest absolute Gasteiger partial charge is 0.138 e. The summed E-state index contributed by atoms with van der Waals surface area (Å²) in [7, 11) is 0. The zero-order chi connectivity index (χ0) is 14.7. The van der Waals surface area contributed by atoms with Gasteiger partial charge in [-0.1, -0.05) is 17.7 Å². The van der Waals surface area contributed by atoms with Gasteiger partial charge < -0.3 is 4.74 Å². The Bertz CT molecular complexity index is 671. The highest BCUT2D eigenvalue weighted by atomic mass is 19.1. The first kappa shape index (κ1) is 14.1. The highest BCUT2D eigenvalue weighted by Gasteiger charge is 2.11. The lowest BCUT2D eigenvalue weighted by Gasteiger charge is -2.13. The molecule has 0 aliphatic carbocycles. The molecule has 2 rings (SSSR count). The summed E-state index contributed by atoms with van der Waals surface area (Å²) in [5.74, 6) is 0.205. The molecule has 3 heteroatoms. The van der Waals surface area contributed by atoms with Crippen molar-refractivity contribution in [1.82, 2.24) is 0 Å². The van der Waals surface area contributed by atoms with Gasteiger partial charge in [-0.3, -0.25) is 0 Å². The van der Waals surface area contributed by atoms with Gasteiger partial charge in [0, 0.05) is 5.56 Å². The summed E-state index contributed by atoms with van der Waals surface area (Å²) in [4.78, 5) is 0. The Morgan fingerprint density at radius 1 is 1.15 bits per heavy atom. The van der Waals surface area contributed by atoms with Gasteiger partial charge >= 0.3 is 0 Å². The number of benzene rings is 2. The van der Waals surface area contributed by atoms with E-state index in [2.05, 4.69) is 6.07 Å². The van der Waals surface area contributed by atoms with Crippen LogP contribution in [0.15, 0.2) is 36.4 Å². The molecule has 0 unspecified atom stereocenters. The number of nitriles is 1. The largest absolute Gasteiger partial charge is 0.490 e. The number of halogens is 1. The molecule has 0 amide bonds. The third-order valence-corrected chi connectivity index (χ3v) is 2.90. The molecule has 102 valence electrons. The molecule has 0 atom stereocenters. The van der Waals surface area contributed by atoms with E-state index >= 15 is 0 Å². The van der Waals surface area contributed by atoms with Crippen LogP contribution in [0.2, 0.25) is 0 Å². The second kappa shape index (κ2) is 5.75. The Morgan fingerprint density at radius 2 is 1.90 bits per heavy atom. The first-order valence-electron chi connectivity index (χ1n) is 6.48. The quantitative estimate of drug-likeness (QED) is 0.824. The van der Waals surface area contributed by atoms with Crippen molar-refractivity contribution in [3.63, 3.8) is 0 Å². The maximum absolute atomic E-state index is 13.9. The molecule has 0 aromatic heterocycles. The first-order chi connectivity index (χ1) is 9.51. The first-order valence-corrected chi connectivity index (χ1v) is 6.48. The summed E-state index contributed by atoms with van der Waals surface area (Å²) in [5, 5.41) is 9.09. The van der Waals surface area contributed by atoms with E-state index in [1.54, 1.807) is 30.3 Å². The van der Waals surface area contributed by atoms with Gasteiger partial charge in [-0.2, -0.15) is 5.26 Å². The summed E-state index contributed by atoms with van der Waals surface area (Å²) in [6.07, 6.45) is -0.0419. The monoisotopic (exact) mass is 269 g/mol. The van der Waals surface area contributed by atoms with Crippen molar-refractivity contribution in [2.45, 2.75) is 26.9 Å². The molecule has 0 saturated carbocycles. The zero-order valence-corrected chi connectivity index (χ0v) is 11.8. The van der Waals surface area contributed by atoms with Crippen molar-refractivity contribution in [2.24, 2.45) is 0 Å². The molecule has 0 N–H and O–H groups in total. The van der Waals surface area contributed by atoms with Crippen LogP contribution in [-0.4, -0.2) is 6.10 Å². The predicted molar refractivity (Wildman–Crippen MR) is 77.1 cm³/mol. The molecular formula is C17H16FNO. The van der Waals surface area contributed by atoms with Crippen molar-refractivity contribution in [3.8, 4) is 22.9 Å². The van der Waals surface area contributed by atoms with Gasteiger partial charge in [0.1, 0.15) is 17.6 Å². The number of hydrogen-bond donors (Lipinski definition) is 0. The molecule has 0 aliphatic heterocycles. The van der Waals surface area contributed by atoms with Gasteiger partial charge in [0.2, 0.25) is 0 Å². The predicted octanol–water partition coefficient (Wildman–Crippen LogP) is 4.46. The molecule has 0 fully saturated rings. The molecule has 0 spiro atoms. The van der Waals surface area contributed by atoms with E-state index in [4.69, 9.17) is 10.00 Å². The van der Waals surface area contributed by atoms with E-state index in [0.29, 0.717) is 22.4 Å². The molecule has 0 radical (unpaired) electrons. The van der Waals surface area contributed by atoms with Crippen LogP contribution in [0.1, 0.15) is 25.0 Å². The van der Waals surface area contributed by atoms with Gasteiger partial charge in [-0.05, 0) is 50.6 Å². The minimum absolute atomic E-state index is 0.0419. The zero-order valence-electron chi connectivity index (χ0n) is 11.8. The van der Waals surface area contributed by atoms with E-state index in [1.807, 2.05) is 20.8 Å². The number of aryl methyl sites for hydroxylation is 1. The normalized spacial score (nSPS) is 10.4. The molecule has 0 saturated heterocycles.